The van der Waals surface area contributed by atoms with Crippen LogP contribution in [-0.4, -0.2) is 44.9 Å². The monoisotopic (exact) mass is 688 g/mol. The van der Waals surface area contributed by atoms with Crippen LogP contribution in [0, 0.1) is 13.8 Å². The largest absolute Gasteiger partial charge is 0.573 e. The summed E-state index contributed by atoms with van der Waals surface area (Å²) in [6.07, 6.45) is -7.23. The van der Waals surface area contributed by atoms with Crippen molar-refractivity contribution in [1.82, 2.24) is 31.0 Å². The minimum Gasteiger partial charge on any atom is -0.406 e. The second-order valence-electron chi connectivity index (χ2n) is 9.85. The van der Waals surface area contributed by atoms with E-state index in [0.717, 1.165) is 22.7 Å². The maximum atomic E-state index is 12.5. The van der Waals surface area contributed by atoms with Gasteiger partial charge in [0, 0.05) is 25.9 Å². The number of aromatic nitrogens is 4. The van der Waals surface area contributed by atoms with Crippen molar-refractivity contribution in [3.05, 3.63) is 78.7 Å². The summed E-state index contributed by atoms with van der Waals surface area (Å²) < 4.78 is 83.0. The molecular weight excluding hydrogens is 662 g/mol. The van der Waals surface area contributed by atoms with E-state index in [2.05, 4.69) is 40.5 Å². The number of amides is 2. The molecule has 0 bridgehead atoms. The molecule has 0 atom stereocenters. The molecule has 2 aromatic heterocycles. The van der Waals surface area contributed by atoms with Crippen LogP contribution in [0.5, 0.6) is 11.5 Å². The Balaban J connectivity index is 1.19. The van der Waals surface area contributed by atoms with Gasteiger partial charge < -0.3 is 20.1 Å². The number of ether oxygens (including phenoxy) is 2. The highest BCUT2D eigenvalue weighted by Gasteiger charge is 2.32. The van der Waals surface area contributed by atoms with Gasteiger partial charge in [-0.25, -0.2) is 0 Å². The molecule has 2 aromatic carbocycles. The predicted octanol–water partition coefficient (Wildman–Crippen LogP) is 6.23. The number of nitrogens with one attached hydrogen (secondary N) is 2. The summed E-state index contributed by atoms with van der Waals surface area (Å²) in [5.74, 6) is -1.79. The van der Waals surface area contributed by atoms with Crippen LogP contribution in [-0.2, 0) is 25.9 Å². The van der Waals surface area contributed by atoms with Gasteiger partial charge in [-0.3, -0.25) is 9.59 Å². The molecule has 4 aromatic rings. The Bertz CT molecular complexity index is 1550. The van der Waals surface area contributed by atoms with Gasteiger partial charge in [0.05, 0.1) is 0 Å². The van der Waals surface area contributed by atoms with Gasteiger partial charge in [0.15, 0.2) is 0 Å². The minimum absolute atomic E-state index is 0.0275. The van der Waals surface area contributed by atoms with Crippen LogP contribution in [0.1, 0.15) is 64.7 Å². The minimum atomic E-state index is -4.83. The van der Waals surface area contributed by atoms with Crippen molar-refractivity contribution in [3.63, 3.8) is 0 Å². The summed E-state index contributed by atoms with van der Waals surface area (Å²) in [6, 6.07) is 7.74. The zero-order valence-electron chi connectivity index (χ0n) is 24.2. The summed E-state index contributed by atoms with van der Waals surface area (Å²) in [6.45, 7) is 3.34. The number of nitrogens with zero attached hydrogens (tertiary/aromatic N) is 4. The fraction of sp³-hybridized carbons (Fsp3) is 0.357. The Hall–Kier alpha value is -4.32. The molecule has 0 fully saturated rings. The third kappa shape index (κ3) is 10.6. The van der Waals surface area contributed by atoms with E-state index < -0.39 is 24.5 Å². The van der Waals surface area contributed by atoms with Crippen LogP contribution in [0.3, 0.4) is 0 Å². The van der Waals surface area contributed by atoms with Crippen LogP contribution in [0.15, 0.2) is 36.4 Å². The maximum Gasteiger partial charge on any atom is 0.573 e. The van der Waals surface area contributed by atoms with Gasteiger partial charge in [-0.15, -0.1) is 46.7 Å². The van der Waals surface area contributed by atoms with Crippen LogP contribution < -0.4 is 20.1 Å². The van der Waals surface area contributed by atoms with Gasteiger partial charge >= 0.3 is 12.7 Å². The number of alkyl halides is 6. The van der Waals surface area contributed by atoms with Crippen molar-refractivity contribution >= 4 is 34.5 Å². The van der Waals surface area contributed by atoms with Crippen molar-refractivity contribution in [2.75, 3.05) is 0 Å². The lowest BCUT2D eigenvalue weighted by Gasteiger charge is -2.12. The molecule has 0 saturated carbocycles. The summed E-state index contributed by atoms with van der Waals surface area (Å²) in [7, 11) is 0. The molecule has 46 heavy (non-hydrogen) atoms. The van der Waals surface area contributed by atoms with E-state index in [4.69, 9.17) is 0 Å². The van der Waals surface area contributed by atoms with Gasteiger partial charge in [0.2, 0.25) is 10.0 Å². The number of benzene rings is 2. The van der Waals surface area contributed by atoms with Crippen LogP contribution in [0.25, 0.3) is 0 Å². The summed E-state index contributed by atoms with van der Waals surface area (Å²) in [5, 5.41) is 22.6. The van der Waals surface area contributed by atoms with Gasteiger partial charge in [-0.2, -0.15) is 0 Å². The summed E-state index contributed by atoms with van der Waals surface area (Å²) >= 11 is 2.21. The Morgan fingerprint density at radius 1 is 0.674 bits per heavy atom. The molecule has 0 aliphatic heterocycles. The molecule has 2 amide bonds. The molecule has 0 saturated heterocycles. The Kier molecular flexibility index (Phi) is 11.2. The number of unbranched alkanes of at least 4 members (excludes halogenated alkanes) is 1. The molecule has 10 nitrogen and oxygen atoms in total. The smallest absolute Gasteiger partial charge is 0.406 e. The number of rotatable bonds is 13. The molecule has 246 valence electrons. The van der Waals surface area contributed by atoms with Crippen LogP contribution >= 0.6 is 22.7 Å². The lowest BCUT2D eigenvalue weighted by molar-refractivity contribution is -0.275. The van der Waals surface area contributed by atoms with E-state index in [-0.39, 0.29) is 34.6 Å². The first-order valence-corrected chi connectivity index (χ1v) is 15.2. The molecule has 18 heteroatoms. The third-order valence-corrected chi connectivity index (χ3v) is 8.30. The second kappa shape index (κ2) is 14.8. The Morgan fingerprint density at radius 2 is 1.07 bits per heavy atom. The lowest BCUT2D eigenvalue weighted by atomic mass is 10.1. The number of aryl methyl sites for hydroxylation is 4. The molecule has 0 radical (unpaired) electrons. The highest BCUT2D eigenvalue weighted by atomic mass is 32.1. The first-order chi connectivity index (χ1) is 21.6. The zero-order valence-corrected chi connectivity index (χ0v) is 25.8. The van der Waals surface area contributed by atoms with Gasteiger partial charge in [-0.1, -0.05) is 34.8 Å². The summed E-state index contributed by atoms with van der Waals surface area (Å²) in [4.78, 5) is 25.1. The zero-order chi connectivity index (χ0) is 33.5. The molecule has 0 aliphatic rings. The second-order valence-corrected chi connectivity index (χ2v) is 12.0. The Labute approximate surface area is 266 Å². The van der Waals surface area contributed by atoms with E-state index in [0.29, 0.717) is 58.0 Å². The van der Waals surface area contributed by atoms with Crippen LogP contribution in [0.4, 0.5) is 26.3 Å². The molecule has 0 unspecified atom stereocenters. The number of carbonyl (C=O) groups excluding carboxylic acids is 2. The van der Waals surface area contributed by atoms with Gasteiger partial charge in [0.1, 0.15) is 21.5 Å². The van der Waals surface area contributed by atoms with E-state index in [1.165, 1.54) is 36.4 Å². The lowest BCUT2D eigenvalue weighted by Crippen LogP contribution is -2.23. The molecule has 0 aliphatic carbocycles. The number of halogens is 6. The number of hydrogen-bond acceptors (Lipinski definition) is 10. The van der Waals surface area contributed by atoms with Crippen molar-refractivity contribution in [2.45, 2.75) is 65.3 Å². The third-order valence-electron chi connectivity index (χ3n) is 6.34. The SMILES string of the molecule is Cc1ccc(OC(F)(F)F)cc1CNC(=O)c1nnc(CCCCc2nnc(C(=O)NCc3cc(OC(F)(F)F)ccc3C)s2)s1. The average Bonchev–Trinajstić information content (AvgIpc) is 3.64. The first-order valence-electron chi connectivity index (χ1n) is 13.6. The fourth-order valence-electron chi connectivity index (χ4n) is 4.02. The van der Waals surface area contributed by atoms with E-state index in [9.17, 15) is 35.9 Å². The summed E-state index contributed by atoms with van der Waals surface area (Å²) in [5.41, 5.74) is 2.26. The highest BCUT2D eigenvalue weighted by molar-refractivity contribution is 7.13. The number of carbonyl (C=O) groups is 2. The molecule has 0 spiro atoms. The van der Waals surface area contributed by atoms with E-state index in [1.54, 1.807) is 13.8 Å². The standard InChI is InChI=1S/C28H26F6N6O4S2/c1-15-7-9-19(43-27(29,30)31)11-17(15)13-35-23(41)25-39-37-21(45-25)5-3-4-6-22-38-40-26(46-22)24(42)36-14-18-12-20(10-8-16(18)2)44-28(32,33)34/h7-12H,3-6,13-14H2,1-2H3,(H,35,41)(H,36,42). The average molecular weight is 689 g/mol. The predicted molar refractivity (Wildman–Crippen MR) is 155 cm³/mol. The molecule has 2 heterocycles. The van der Waals surface area contributed by atoms with Gasteiger partial charge in [0.25, 0.3) is 11.8 Å². The normalized spacial score (nSPS) is 11.7. The maximum absolute atomic E-state index is 12.5. The first kappa shape index (κ1) is 34.6. The topological polar surface area (TPSA) is 128 Å². The molecular formula is C28H26F6N6O4S2. The van der Waals surface area contributed by atoms with E-state index >= 15 is 0 Å². The van der Waals surface area contributed by atoms with Gasteiger partial charge in [-0.05, 0) is 73.2 Å². The molecule has 2 N–H and O–H groups in total. The van der Waals surface area contributed by atoms with E-state index in [1.807, 2.05) is 0 Å². The highest BCUT2D eigenvalue weighted by Crippen LogP contribution is 2.26. The Morgan fingerprint density at radius 3 is 1.43 bits per heavy atom. The van der Waals surface area contributed by atoms with Crippen molar-refractivity contribution in [2.24, 2.45) is 0 Å². The van der Waals surface area contributed by atoms with Crippen LogP contribution in [0.2, 0.25) is 0 Å². The van der Waals surface area contributed by atoms with Crippen molar-refractivity contribution < 1.29 is 45.4 Å². The molecule has 4 rings (SSSR count). The van der Waals surface area contributed by atoms with Crippen molar-refractivity contribution in [1.29, 1.82) is 0 Å². The quantitative estimate of drug-likeness (QED) is 0.125. The fourth-order valence-corrected chi connectivity index (χ4v) is 5.61. The van der Waals surface area contributed by atoms with Crippen molar-refractivity contribution in [3.8, 4) is 11.5 Å². The number of hydrogen-bond donors (Lipinski definition) is 2.